The highest BCUT2D eigenvalue weighted by atomic mass is 32.2. The zero-order chi connectivity index (χ0) is 29.9. The second kappa shape index (κ2) is 12.0. The fraction of sp³-hybridized carbons (Fsp3) is 0.152. The molecular formula is C33H29NO7S. The summed E-state index contributed by atoms with van der Waals surface area (Å²) in [5.41, 5.74) is 3.21. The number of sulfonamides is 1. The van der Waals surface area contributed by atoms with Gasteiger partial charge in [-0.05, 0) is 73.4 Å². The fourth-order valence-electron chi connectivity index (χ4n) is 4.64. The SMILES string of the molecule is COc1ccc(-c2cc(=O)oc3c(C)c(OC(=O)[C@@H](Cc4ccccc4)NS(=O)(=O)c4ccc(C)cc4)ccc23)cc1. The number of rotatable bonds is 9. The molecule has 0 bridgehead atoms. The summed E-state index contributed by atoms with van der Waals surface area (Å²) in [4.78, 5) is 26.1. The van der Waals surface area contributed by atoms with Gasteiger partial charge in [0.1, 0.15) is 23.1 Å². The second-order valence-electron chi connectivity index (χ2n) is 9.87. The number of esters is 1. The lowest BCUT2D eigenvalue weighted by atomic mass is 10.00. The molecule has 42 heavy (non-hydrogen) atoms. The van der Waals surface area contributed by atoms with Crippen molar-refractivity contribution >= 4 is 27.0 Å². The van der Waals surface area contributed by atoms with Gasteiger partial charge in [0.25, 0.3) is 0 Å². The van der Waals surface area contributed by atoms with Gasteiger partial charge in [0.2, 0.25) is 10.0 Å². The predicted octanol–water partition coefficient (Wildman–Crippen LogP) is 5.58. The number of hydrogen-bond donors (Lipinski definition) is 1. The Labute approximate surface area is 243 Å². The molecule has 5 aromatic rings. The number of carbonyl (C=O) groups excluding carboxylic acids is 1. The van der Waals surface area contributed by atoms with Crippen molar-refractivity contribution in [1.29, 1.82) is 0 Å². The van der Waals surface area contributed by atoms with Gasteiger partial charge < -0.3 is 13.9 Å². The minimum Gasteiger partial charge on any atom is -0.497 e. The predicted molar refractivity (Wildman–Crippen MR) is 160 cm³/mol. The number of benzene rings is 4. The van der Waals surface area contributed by atoms with Gasteiger partial charge in [-0.15, -0.1) is 0 Å². The lowest BCUT2D eigenvalue weighted by molar-refractivity contribution is -0.136. The summed E-state index contributed by atoms with van der Waals surface area (Å²) in [6.07, 6.45) is 0.0636. The topological polar surface area (TPSA) is 112 Å². The van der Waals surface area contributed by atoms with E-state index in [1.54, 1.807) is 62.6 Å². The molecule has 1 atom stereocenters. The van der Waals surface area contributed by atoms with Gasteiger partial charge in [0.15, 0.2) is 0 Å². The third-order valence-electron chi connectivity index (χ3n) is 6.92. The van der Waals surface area contributed by atoms with Crippen LogP contribution in [0.25, 0.3) is 22.1 Å². The van der Waals surface area contributed by atoms with E-state index in [1.807, 2.05) is 37.3 Å². The molecule has 0 saturated carbocycles. The van der Waals surface area contributed by atoms with E-state index < -0.39 is 27.7 Å². The van der Waals surface area contributed by atoms with E-state index in [-0.39, 0.29) is 22.6 Å². The van der Waals surface area contributed by atoms with Crippen molar-refractivity contribution in [2.24, 2.45) is 0 Å². The summed E-state index contributed by atoms with van der Waals surface area (Å²) in [6, 6.07) is 26.2. The first kappa shape index (κ1) is 28.8. The minimum absolute atomic E-state index is 0.0358. The maximum atomic E-state index is 13.5. The summed E-state index contributed by atoms with van der Waals surface area (Å²) in [7, 11) is -2.47. The number of carbonyl (C=O) groups is 1. The quantitative estimate of drug-likeness (QED) is 0.137. The van der Waals surface area contributed by atoms with Crippen molar-refractivity contribution < 1.29 is 27.1 Å². The van der Waals surface area contributed by atoms with Crippen LogP contribution in [0, 0.1) is 13.8 Å². The molecule has 1 heterocycles. The Kier molecular flexibility index (Phi) is 8.24. The van der Waals surface area contributed by atoms with E-state index >= 15 is 0 Å². The molecule has 0 aliphatic rings. The van der Waals surface area contributed by atoms with Crippen LogP contribution >= 0.6 is 0 Å². The van der Waals surface area contributed by atoms with Gasteiger partial charge in [-0.25, -0.2) is 18.0 Å². The molecule has 1 N–H and O–H groups in total. The summed E-state index contributed by atoms with van der Waals surface area (Å²) in [5.74, 6) is 0.0280. The van der Waals surface area contributed by atoms with Crippen LogP contribution in [0.5, 0.6) is 11.5 Å². The highest BCUT2D eigenvalue weighted by molar-refractivity contribution is 7.89. The Balaban J connectivity index is 1.48. The molecule has 9 heteroatoms. The van der Waals surface area contributed by atoms with Gasteiger partial charge >= 0.3 is 11.6 Å². The number of ether oxygens (including phenoxy) is 2. The van der Waals surface area contributed by atoms with Crippen molar-refractivity contribution in [1.82, 2.24) is 4.72 Å². The van der Waals surface area contributed by atoms with Crippen LogP contribution in [0.4, 0.5) is 0 Å². The molecule has 0 radical (unpaired) electrons. The van der Waals surface area contributed by atoms with Crippen molar-refractivity contribution in [2.75, 3.05) is 7.11 Å². The van der Waals surface area contributed by atoms with Crippen molar-refractivity contribution in [2.45, 2.75) is 31.2 Å². The third kappa shape index (κ3) is 6.27. The Morgan fingerprint density at radius 2 is 1.60 bits per heavy atom. The summed E-state index contributed by atoms with van der Waals surface area (Å²) in [5, 5.41) is 0.651. The largest absolute Gasteiger partial charge is 0.497 e. The number of hydrogen-bond acceptors (Lipinski definition) is 7. The molecule has 0 aliphatic heterocycles. The fourth-order valence-corrected chi connectivity index (χ4v) is 5.82. The number of methoxy groups -OCH3 is 1. The first-order chi connectivity index (χ1) is 20.1. The van der Waals surface area contributed by atoms with E-state index in [0.29, 0.717) is 22.3 Å². The Hall–Kier alpha value is -4.73. The maximum Gasteiger partial charge on any atom is 0.336 e. The average Bonchev–Trinajstić information content (AvgIpc) is 2.99. The molecule has 0 fully saturated rings. The standard InChI is InChI=1S/C33H29NO7S/c1-21-9-15-26(16-10-21)42(37,38)34-29(19-23-7-5-4-6-8-23)33(36)40-30-18-17-27-28(20-31(35)41-32(27)22(30)2)24-11-13-25(39-3)14-12-24/h4-18,20,29,34H,19H2,1-3H3/t29-/m1/s1. The summed E-state index contributed by atoms with van der Waals surface area (Å²) < 4.78 is 45.5. The van der Waals surface area contributed by atoms with Crippen LogP contribution < -0.4 is 19.8 Å². The van der Waals surface area contributed by atoms with E-state index in [0.717, 1.165) is 16.7 Å². The number of fused-ring (bicyclic) bond motifs is 1. The van der Waals surface area contributed by atoms with Gasteiger partial charge in [0.05, 0.1) is 12.0 Å². The Morgan fingerprint density at radius 3 is 2.26 bits per heavy atom. The molecule has 0 unspecified atom stereocenters. The minimum atomic E-state index is -4.05. The van der Waals surface area contributed by atoms with E-state index in [4.69, 9.17) is 13.9 Å². The molecule has 4 aromatic carbocycles. The highest BCUT2D eigenvalue weighted by Crippen LogP contribution is 2.34. The van der Waals surface area contributed by atoms with Crippen LogP contribution in [0.1, 0.15) is 16.7 Å². The molecule has 0 amide bonds. The third-order valence-corrected chi connectivity index (χ3v) is 8.41. The van der Waals surface area contributed by atoms with Crippen LogP contribution in [0.2, 0.25) is 0 Å². The number of aryl methyl sites for hydroxylation is 2. The van der Waals surface area contributed by atoms with Crippen molar-refractivity contribution in [3.63, 3.8) is 0 Å². The molecule has 8 nitrogen and oxygen atoms in total. The second-order valence-corrected chi connectivity index (χ2v) is 11.6. The van der Waals surface area contributed by atoms with E-state index in [9.17, 15) is 18.0 Å². The van der Waals surface area contributed by atoms with Gasteiger partial charge in [-0.3, -0.25) is 0 Å². The lowest BCUT2D eigenvalue weighted by Crippen LogP contribution is -2.44. The van der Waals surface area contributed by atoms with Crippen LogP contribution in [0.3, 0.4) is 0 Å². The van der Waals surface area contributed by atoms with Gasteiger partial charge in [-0.1, -0.05) is 60.2 Å². The van der Waals surface area contributed by atoms with Crippen LogP contribution in [-0.2, 0) is 21.2 Å². The van der Waals surface area contributed by atoms with E-state index in [2.05, 4.69) is 4.72 Å². The zero-order valence-corrected chi connectivity index (χ0v) is 24.1. The molecule has 0 aliphatic carbocycles. The van der Waals surface area contributed by atoms with Crippen LogP contribution in [-0.4, -0.2) is 27.5 Å². The first-order valence-corrected chi connectivity index (χ1v) is 14.7. The summed E-state index contributed by atoms with van der Waals surface area (Å²) >= 11 is 0. The van der Waals surface area contributed by atoms with Crippen molar-refractivity contribution in [3.8, 4) is 22.6 Å². The van der Waals surface area contributed by atoms with E-state index in [1.165, 1.54) is 18.2 Å². The normalized spacial score (nSPS) is 12.2. The van der Waals surface area contributed by atoms with Gasteiger partial charge in [-0.2, -0.15) is 4.72 Å². The monoisotopic (exact) mass is 583 g/mol. The first-order valence-electron chi connectivity index (χ1n) is 13.2. The number of nitrogens with one attached hydrogen (secondary N) is 1. The molecule has 0 saturated heterocycles. The summed E-state index contributed by atoms with van der Waals surface area (Å²) in [6.45, 7) is 3.53. The molecule has 214 valence electrons. The molecule has 1 aromatic heterocycles. The highest BCUT2D eigenvalue weighted by Gasteiger charge is 2.28. The average molecular weight is 584 g/mol. The molecule has 5 rings (SSSR count). The maximum absolute atomic E-state index is 13.5. The Morgan fingerprint density at radius 1 is 0.905 bits per heavy atom. The lowest BCUT2D eigenvalue weighted by Gasteiger charge is -2.19. The van der Waals surface area contributed by atoms with Gasteiger partial charge in [0, 0.05) is 17.0 Å². The smallest absolute Gasteiger partial charge is 0.336 e. The van der Waals surface area contributed by atoms with Crippen LogP contribution in [0.15, 0.2) is 111 Å². The van der Waals surface area contributed by atoms with Crippen molar-refractivity contribution in [3.05, 3.63) is 124 Å². The Bertz CT molecular complexity index is 1900. The zero-order valence-electron chi connectivity index (χ0n) is 23.3. The molecular weight excluding hydrogens is 554 g/mol. The molecule has 0 spiro atoms.